The first kappa shape index (κ1) is 15.6. The van der Waals surface area contributed by atoms with E-state index in [2.05, 4.69) is 4.98 Å². The Morgan fingerprint density at radius 2 is 2.10 bits per heavy atom. The van der Waals surface area contributed by atoms with Crippen LogP contribution in [-0.4, -0.2) is 34.6 Å². The van der Waals surface area contributed by atoms with E-state index in [1.165, 1.54) is 23.5 Å². The van der Waals surface area contributed by atoms with Crippen molar-refractivity contribution in [2.75, 3.05) is 12.3 Å². The molecule has 1 heterocycles. The number of nitrogens with zero attached hydrogens (tertiary/aromatic N) is 2. The number of nitrogens with two attached hydrogens (primary N) is 1. The number of fused-ring (bicyclic) bond motifs is 1. The van der Waals surface area contributed by atoms with Crippen LogP contribution in [-0.2, 0) is 0 Å². The molecule has 1 amide bonds. The maximum absolute atomic E-state index is 12.6. The van der Waals surface area contributed by atoms with Crippen LogP contribution in [0.15, 0.2) is 18.2 Å². The molecule has 8 heteroatoms. The predicted octanol–water partition coefficient (Wildman–Crippen LogP) is 3.29. The van der Waals surface area contributed by atoms with Gasteiger partial charge < -0.3 is 10.6 Å². The molecule has 0 radical (unpaired) electrons. The van der Waals surface area contributed by atoms with Gasteiger partial charge in [0.25, 0.3) is 5.91 Å². The molecule has 0 unspecified atom stereocenters. The minimum Gasteiger partial charge on any atom is -0.375 e. The minimum atomic E-state index is -4.43. The van der Waals surface area contributed by atoms with E-state index < -0.39 is 24.7 Å². The van der Waals surface area contributed by atoms with Crippen LogP contribution in [0.4, 0.5) is 18.3 Å². The Bertz CT molecular complexity index is 666. The average Bonchev–Trinajstić information content (AvgIpc) is 2.72. The van der Waals surface area contributed by atoms with Crippen molar-refractivity contribution in [1.29, 1.82) is 0 Å². The molecule has 2 rings (SSSR count). The highest BCUT2D eigenvalue weighted by molar-refractivity contribution is 7.22. The Morgan fingerprint density at radius 3 is 2.67 bits per heavy atom. The molecule has 4 nitrogen and oxygen atoms in total. The number of anilines is 1. The van der Waals surface area contributed by atoms with Crippen molar-refractivity contribution < 1.29 is 18.0 Å². The summed E-state index contributed by atoms with van der Waals surface area (Å²) in [4.78, 5) is 17.1. The largest absolute Gasteiger partial charge is 0.406 e. The highest BCUT2D eigenvalue weighted by Gasteiger charge is 2.34. The summed E-state index contributed by atoms with van der Waals surface area (Å²) in [5.41, 5.74) is 6.40. The van der Waals surface area contributed by atoms with Crippen LogP contribution >= 0.6 is 11.3 Å². The van der Waals surface area contributed by atoms with E-state index in [9.17, 15) is 18.0 Å². The lowest BCUT2D eigenvalue weighted by Crippen LogP contribution is -2.43. The molecule has 0 aliphatic heterocycles. The van der Waals surface area contributed by atoms with Crippen molar-refractivity contribution in [3.63, 3.8) is 0 Å². The molecular weight excluding hydrogens is 303 g/mol. The Hall–Kier alpha value is -1.83. The molecule has 2 aromatic rings. The Balaban J connectivity index is 2.33. The highest BCUT2D eigenvalue weighted by atomic mass is 32.1. The molecule has 21 heavy (non-hydrogen) atoms. The fourth-order valence-electron chi connectivity index (χ4n) is 1.92. The fourth-order valence-corrected chi connectivity index (χ4v) is 2.70. The molecule has 1 aromatic heterocycles. The average molecular weight is 317 g/mol. The van der Waals surface area contributed by atoms with Gasteiger partial charge in [-0.1, -0.05) is 11.3 Å². The second-order valence-electron chi connectivity index (χ2n) is 4.88. The summed E-state index contributed by atoms with van der Waals surface area (Å²) in [6.45, 7) is 1.83. The van der Waals surface area contributed by atoms with Crippen LogP contribution in [0.5, 0.6) is 0 Å². The van der Waals surface area contributed by atoms with Gasteiger partial charge in [-0.3, -0.25) is 4.79 Å². The number of hydrogen-bond acceptors (Lipinski definition) is 4. The van der Waals surface area contributed by atoms with E-state index in [1.807, 2.05) is 0 Å². The van der Waals surface area contributed by atoms with Gasteiger partial charge in [-0.25, -0.2) is 4.98 Å². The molecule has 0 saturated heterocycles. The standard InChI is InChI=1S/C13H14F3N3OS/c1-7(2)19(6-13(14,15)16)11(20)8-3-4-9-10(5-8)21-12(17)18-9/h3-5,7H,6H2,1-2H3,(H2,17,18). The molecule has 0 fully saturated rings. The number of alkyl halides is 3. The maximum atomic E-state index is 12.6. The van der Waals surface area contributed by atoms with E-state index in [0.29, 0.717) is 15.3 Å². The molecule has 2 N–H and O–H groups in total. The lowest BCUT2D eigenvalue weighted by Gasteiger charge is -2.27. The van der Waals surface area contributed by atoms with Crippen molar-refractivity contribution in [3.05, 3.63) is 23.8 Å². The van der Waals surface area contributed by atoms with Crippen LogP contribution in [0, 0.1) is 0 Å². The van der Waals surface area contributed by atoms with Gasteiger partial charge in [0.05, 0.1) is 10.2 Å². The Labute approximate surface area is 123 Å². The molecule has 0 aliphatic carbocycles. The first-order chi connectivity index (χ1) is 9.67. The van der Waals surface area contributed by atoms with Gasteiger partial charge in [0.15, 0.2) is 5.13 Å². The number of carbonyl (C=O) groups is 1. The van der Waals surface area contributed by atoms with Crippen molar-refractivity contribution in [3.8, 4) is 0 Å². The SMILES string of the molecule is CC(C)N(CC(F)(F)F)C(=O)c1ccc2nc(N)sc2c1. The molecule has 0 saturated carbocycles. The number of nitrogen functional groups attached to an aromatic ring is 1. The van der Waals surface area contributed by atoms with Gasteiger partial charge in [-0.05, 0) is 32.0 Å². The third kappa shape index (κ3) is 3.63. The zero-order valence-electron chi connectivity index (χ0n) is 11.4. The van der Waals surface area contributed by atoms with E-state index in [1.54, 1.807) is 19.9 Å². The van der Waals surface area contributed by atoms with Crippen LogP contribution in [0.1, 0.15) is 24.2 Å². The second-order valence-corrected chi connectivity index (χ2v) is 5.94. The zero-order valence-corrected chi connectivity index (χ0v) is 12.3. The number of benzene rings is 1. The Morgan fingerprint density at radius 1 is 1.43 bits per heavy atom. The monoisotopic (exact) mass is 317 g/mol. The van der Waals surface area contributed by atoms with Crippen LogP contribution in [0.25, 0.3) is 10.2 Å². The van der Waals surface area contributed by atoms with Gasteiger partial charge >= 0.3 is 6.18 Å². The van der Waals surface area contributed by atoms with Crippen LogP contribution in [0.3, 0.4) is 0 Å². The van der Waals surface area contributed by atoms with Crippen molar-refractivity contribution >= 4 is 32.6 Å². The van der Waals surface area contributed by atoms with E-state index >= 15 is 0 Å². The molecule has 1 aromatic carbocycles. The van der Waals surface area contributed by atoms with Crippen molar-refractivity contribution in [2.45, 2.75) is 26.1 Å². The van der Waals surface area contributed by atoms with E-state index in [4.69, 9.17) is 5.73 Å². The van der Waals surface area contributed by atoms with Gasteiger partial charge in [0, 0.05) is 11.6 Å². The summed E-state index contributed by atoms with van der Waals surface area (Å²) >= 11 is 1.19. The lowest BCUT2D eigenvalue weighted by atomic mass is 10.1. The quantitative estimate of drug-likeness (QED) is 0.945. The second kappa shape index (κ2) is 5.51. The highest BCUT2D eigenvalue weighted by Crippen LogP contribution is 2.26. The van der Waals surface area contributed by atoms with E-state index in [0.717, 1.165) is 4.90 Å². The number of aromatic nitrogens is 1. The molecule has 0 spiro atoms. The van der Waals surface area contributed by atoms with Gasteiger partial charge in [0.2, 0.25) is 0 Å². The normalized spacial score (nSPS) is 12.1. The molecule has 0 atom stereocenters. The van der Waals surface area contributed by atoms with Crippen LogP contribution < -0.4 is 5.73 Å². The summed E-state index contributed by atoms with van der Waals surface area (Å²) in [5, 5.41) is 0.352. The number of rotatable bonds is 3. The number of carbonyl (C=O) groups excluding carboxylic acids is 1. The maximum Gasteiger partial charge on any atom is 0.406 e. The predicted molar refractivity (Wildman–Crippen MR) is 76.3 cm³/mol. The summed E-state index contributed by atoms with van der Waals surface area (Å²) in [7, 11) is 0. The topological polar surface area (TPSA) is 59.2 Å². The van der Waals surface area contributed by atoms with Crippen LogP contribution in [0.2, 0.25) is 0 Å². The first-order valence-electron chi connectivity index (χ1n) is 6.21. The van der Waals surface area contributed by atoms with Gasteiger partial charge in [-0.2, -0.15) is 13.2 Å². The number of amides is 1. The summed E-state index contributed by atoms with van der Waals surface area (Å²) < 4.78 is 38.4. The summed E-state index contributed by atoms with van der Waals surface area (Å²) in [6, 6.07) is 4.02. The van der Waals surface area contributed by atoms with Crippen molar-refractivity contribution in [1.82, 2.24) is 9.88 Å². The van der Waals surface area contributed by atoms with E-state index in [-0.39, 0.29) is 5.56 Å². The molecular formula is C13H14F3N3OS. The number of hydrogen-bond donors (Lipinski definition) is 1. The first-order valence-corrected chi connectivity index (χ1v) is 7.03. The summed E-state index contributed by atoms with van der Waals surface area (Å²) in [6.07, 6.45) is -4.43. The summed E-state index contributed by atoms with van der Waals surface area (Å²) in [5.74, 6) is -0.656. The number of halogens is 3. The van der Waals surface area contributed by atoms with Crippen molar-refractivity contribution in [2.24, 2.45) is 0 Å². The molecule has 0 bridgehead atoms. The zero-order chi connectivity index (χ0) is 15.8. The smallest absolute Gasteiger partial charge is 0.375 e. The minimum absolute atomic E-state index is 0.198. The van der Waals surface area contributed by atoms with Gasteiger partial charge in [-0.15, -0.1) is 0 Å². The lowest BCUT2D eigenvalue weighted by molar-refractivity contribution is -0.143. The number of thiazole rings is 1. The molecule has 114 valence electrons. The van der Waals surface area contributed by atoms with Gasteiger partial charge in [0.1, 0.15) is 6.54 Å². The third-order valence-corrected chi connectivity index (χ3v) is 3.73. The Kier molecular flexibility index (Phi) is 4.08. The molecule has 0 aliphatic rings. The third-order valence-electron chi connectivity index (χ3n) is 2.89. The fraction of sp³-hybridized carbons (Fsp3) is 0.385.